The van der Waals surface area contributed by atoms with E-state index in [4.69, 9.17) is 0 Å². The van der Waals surface area contributed by atoms with Gasteiger partial charge < -0.3 is 10.6 Å². The number of unbranched alkanes of at least 4 members (excludes halogenated alkanes) is 4. The van der Waals surface area contributed by atoms with Gasteiger partial charge in [-0.3, -0.25) is 0 Å². The molecule has 0 aliphatic carbocycles. The SMILES string of the molecule is O=C(NCCCCCCCNC(=O)NS(=O)(=O)c1c[c]ccc1)NS(=O)(=O)c1c[c]ccc1. The molecular formula is C21H26N4O6S2. The van der Waals surface area contributed by atoms with E-state index in [1.807, 2.05) is 9.44 Å². The molecule has 0 unspecified atom stereocenters. The maximum atomic E-state index is 12.0. The summed E-state index contributed by atoms with van der Waals surface area (Å²) in [5.74, 6) is 0. The molecule has 0 aromatic heterocycles. The summed E-state index contributed by atoms with van der Waals surface area (Å²) in [6.07, 6.45) is 3.75. The number of amides is 4. The number of nitrogens with one attached hydrogen (secondary N) is 4. The third-order valence-electron chi connectivity index (χ3n) is 4.36. The van der Waals surface area contributed by atoms with Gasteiger partial charge in [-0.1, -0.05) is 43.5 Å². The van der Waals surface area contributed by atoms with Gasteiger partial charge >= 0.3 is 12.1 Å². The molecule has 0 bridgehead atoms. The molecule has 2 aromatic carbocycles. The van der Waals surface area contributed by atoms with Crippen molar-refractivity contribution in [2.24, 2.45) is 0 Å². The van der Waals surface area contributed by atoms with Crippen LogP contribution in [0.5, 0.6) is 0 Å². The van der Waals surface area contributed by atoms with Crippen LogP contribution >= 0.6 is 0 Å². The van der Waals surface area contributed by atoms with Crippen molar-refractivity contribution in [3.05, 3.63) is 60.7 Å². The number of benzene rings is 2. The molecule has 0 aliphatic heterocycles. The highest BCUT2D eigenvalue weighted by molar-refractivity contribution is 7.90. The summed E-state index contributed by atoms with van der Waals surface area (Å²) < 4.78 is 51.9. The van der Waals surface area contributed by atoms with Crippen LogP contribution in [-0.4, -0.2) is 42.0 Å². The molecule has 0 saturated carbocycles. The highest BCUT2D eigenvalue weighted by atomic mass is 32.2. The lowest BCUT2D eigenvalue weighted by Crippen LogP contribution is -2.39. The normalized spacial score (nSPS) is 11.4. The molecule has 33 heavy (non-hydrogen) atoms. The van der Waals surface area contributed by atoms with Crippen LogP contribution in [0.1, 0.15) is 32.1 Å². The van der Waals surface area contributed by atoms with Gasteiger partial charge in [0.1, 0.15) is 0 Å². The summed E-state index contributed by atoms with van der Waals surface area (Å²) in [7, 11) is -7.85. The third-order valence-corrected chi connectivity index (χ3v) is 7.01. The Labute approximate surface area is 194 Å². The highest BCUT2D eigenvalue weighted by Gasteiger charge is 2.17. The maximum absolute atomic E-state index is 12.0. The molecule has 0 spiro atoms. The molecule has 12 heteroatoms. The number of carbonyl (C=O) groups excluding carboxylic acids is 2. The summed E-state index contributed by atoms with van der Waals surface area (Å²) in [6, 6.07) is 15.1. The minimum absolute atomic E-state index is 0.0430. The van der Waals surface area contributed by atoms with Gasteiger partial charge in [-0.05, 0) is 49.2 Å². The number of rotatable bonds is 12. The van der Waals surface area contributed by atoms with Crippen molar-refractivity contribution in [1.82, 2.24) is 20.1 Å². The first-order chi connectivity index (χ1) is 15.7. The molecular weight excluding hydrogens is 468 g/mol. The van der Waals surface area contributed by atoms with Crippen molar-refractivity contribution in [2.45, 2.75) is 41.9 Å². The second kappa shape index (κ2) is 12.8. The summed E-state index contributed by atoms with van der Waals surface area (Å²) in [5, 5.41) is 4.99. The molecule has 2 radical (unpaired) electrons. The van der Waals surface area contributed by atoms with E-state index < -0.39 is 32.1 Å². The van der Waals surface area contributed by atoms with Gasteiger partial charge in [0.15, 0.2) is 0 Å². The minimum atomic E-state index is -3.92. The first-order valence-corrected chi connectivity index (χ1v) is 13.2. The number of carbonyl (C=O) groups is 2. The third kappa shape index (κ3) is 9.49. The fourth-order valence-electron chi connectivity index (χ4n) is 2.71. The second-order valence-corrected chi connectivity index (χ2v) is 10.3. The van der Waals surface area contributed by atoms with E-state index in [9.17, 15) is 26.4 Å². The highest BCUT2D eigenvalue weighted by Crippen LogP contribution is 2.07. The fourth-order valence-corrected chi connectivity index (χ4v) is 4.54. The van der Waals surface area contributed by atoms with E-state index in [1.54, 1.807) is 12.1 Å². The Bertz CT molecular complexity index is 1020. The predicted octanol–water partition coefficient (Wildman–Crippen LogP) is 1.91. The molecule has 178 valence electrons. The van der Waals surface area contributed by atoms with Crippen molar-refractivity contribution in [3.63, 3.8) is 0 Å². The Morgan fingerprint density at radius 2 is 1.06 bits per heavy atom. The lowest BCUT2D eigenvalue weighted by atomic mass is 10.1. The number of sulfonamides is 2. The Kier molecular flexibility index (Phi) is 10.1. The fraction of sp³-hybridized carbons (Fsp3) is 0.333. The van der Waals surface area contributed by atoms with Crippen LogP contribution in [0.4, 0.5) is 9.59 Å². The smallest absolute Gasteiger partial charge is 0.328 e. The first kappa shape index (κ1) is 26.1. The van der Waals surface area contributed by atoms with E-state index in [0.29, 0.717) is 25.9 Å². The number of urea groups is 2. The van der Waals surface area contributed by atoms with Crippen molar-refractivity contribution < 1.29 is 26.4 Å². The molecule has 0 aliphatic rings. The lowest BCUT2D eigenvalue weighted by Gasteiger charge is -2.09. The first-order valence-electron chi connectivity index (χ1n) is 10.2. The Morgan fingerprint density at radius 3 is 1.42 bits per heavy atom. The van der Waals surface area contributed by atoms with Crippen LogP contribution < -0.4 is 20.1 Å². The topological polar surface area (TPSA) is 151 Å². The van der Waals surface area contributed by atoms with Crippen molar-refractivity contribution in [3.8, 4) is 0 Å². The zero-order valence-electron chi connectivity index (χ0n) is 17.8. The number of hydrogen-bond acceptors (Lipinski definition) is 6. The van der Waals surface area contributed by atoms with Crippen molar-refractivity contribution >= 4 is 32.1 Å². The molecule has 4 amide bonds. The average molecular weight is 495 g/mol. The lowest BCUT2D eigenvalue weighted by molar-refractivity contribution is 0.245. The van der Waals surface area contributed by atoms with Gasteiger partial charge in [-0.15, -0.1) is 0 Å². The summed E-state index contributed by atoms with van der Waals surface area (Å²) in [4.78, 5) is 23.4. The van der Waals surface area contributed by atoms with Crippen LogP contribution in [0.25, 0.3) is 0 Å². The molecule has 2 aromatic rings. The molecule has 0 fully saturated rings. The van der Waals surface area contributed by atoms with Gasteiger partial charge in [-0.2, -0.15) is 0 Å². The second-order valence-electron chi connectivity index (χ2n) is 6.97. The molecule has 10 nitrogen and oxygen atoms in total. The monoisotopic (exact) mass is 494 g/mol. The summed E-state index contributed by atoms with van der Waals surface area (Å²) in [5.41, 5.74) is 0. The minimum Gasteiger partial charge on any atom is -0.337 e. The van der Waals surface area contributed by atoms with Crippen LogP contribution in [0.3, 0.4) is 0 Å². The average Bonchev–Trinajstić information content (AvgIpc) is 2.78. The molecule has 4 N–H and O–H groups in total. The van der Waals surface area contributed by atoms with E-state index >= 15 is 0 Å². The number of hydrogen-bond donors (Lipinski definition) is 4. The van der Waals surface area contributed by atoms with E-state index in [0.717, 1.165) is 19.3 Å². The zero-order chi connectivity index (χ0) is 24.2. The summed E-state index contributed by atoms with van der Waals surface area (Å²) >= 11 is 0. The van der Waals surface area contributed by atoms with E-state index in [-0.39, 0.29) is 9.79 Å². The van der Waals surface area contributed by atoms with Crippen LogP contribution in [-0.2, 0) is 20.0 Å². The van der Waals surface area contributed by atoms with Gasteiger partial charge in [0.05, 0.1) is 9.79 Å². The van der Waals surface area contributed by atoms with Crippen LogP contribution in [0, 0.1) is 12.1 Å². The van der Waals surface area contributed by atoms with Gasteiger partial charge in [0, 0.05) is 13.1 Å². The van der Waals surface area contributed by atoms with E-state index in [2.05, 4.69) is 22.8 Å². The Morgan fingerprint density at radius 1 is 0.667 bits per heavy atom. The van der Waals surface area contributed by atoms with E-state index in [1.165, 1.54) is 36.4 Å². The Balaban J connectivity index is 1.51. The molecule has 0 heterocycles. The largest absolute Gasteiger partial charge is 0.337 e. The maximum Gasteiger partial charge on any atom is 0.328 e. The van der Waals surface area contributed by atoms with Crippen molar-refractivity contribution in [1.29, 1.82) is 0 Å². The van der Waals surface area contributed by atoms with Gasteiger partial charge in [0.2, 0.25) is 0 Å². The standard InChI is InChI=1S/C21H26N4O6S2/c26-20(24-32(28,29)18-12-6-4-7-13-18)22-16-10-2-1-3-11-17-23-21(27)25-33(30,31)19-14-8-5-9-15-19/h4-6,8,12-15H,1-3,10-11,16-17H2,(H2,22,24,26)(H2,23,25,27). The van der Waals surface area contributed by atoms with Crippen LogP contribution in [0.15, 0.2) is 58.3 Å². The Hall–Kier alpha value is -3.12. The van der Waals surface area contributed by atoms with Crippen molar-refractivity contribution in [2.75, 3.05) is 13.1 Å². The molecule has 0 saturated heterocycles. The zero-order valence-corrected chi connectivity index (χ0v) is 19.5. The van der Waals surface area contributed by atoms with Gasteiger partial charge in [0.25, 0.3) is 20.0 Å². The van der Waals surface area contributed by atoms with Gasteiger partial charge in [-0.25, -0.2) is 35.9 Å². The molecule has 2 rings (SSSR count). The van der Waals surface area contributed by atoms with Crippen LogP contribution in [0.2, 0.25) is 0 Å². The quantitative estimate of drug-likeness (QED) is 0.331. The predicted molar refractivity (Wildman–Crippen MR) is 121 cm³/mol. The summed E-state index contributed by atoms with van der Waals surface area (Å²) in [6.45, 7) is 0.634. The molecule has 0 atom stereocenters.